The minimum atomic E-state index is -0.621. The summed E-state index contributed by atoms with van der Waals surface area (Å²) in [6, 6.07) is 0. The maximum absolute atomic E-state index is 11.6. The van der Waals surface area contributed by atoms with E-state index in [9.17, 15) is 9.59 Å². The maximum atomic E-state index is 11.6. The summed E-state index contributed by atoms with van der Waals surface area (Å²) in [5.74, 6) is -0.342. The molecular formula is C7H11N3O2S. The molecule has 0 aliphatic heterocycles. The van der Waals surface area contributed by atoms with Crippen LogP contribution in [0.2, 0.25) is 0 Å². The highest BCUT2D eigenvalue weighted by Gasteiger charge is 2.26. The SMILES string of the molecule is CC(C)(C)C(=O)n1nc(N)sc1=O. The lowest BCUT2D eigenvalue weighted by molar-refractivity contribution is 0.0745. The van der Waals surface area contributed by atoms with Gasteiger partial charge < -0.3 is 5.73 Å². The van der Waals surface area contributed by atoms with Crippen LogP contribution in [0.5, 0.6) is 0 Å². The topological polar surface area (TPSA) is 78.0 Å². The van der Waals surface area contributed by atoms with Gasteiger partial charge in [0.1, 0.15) is 0 Å². The zero-order chi connectivity index (χ0) is 10.2. The van der Waals surface area contributed by atoms with Gasteiger partial charge in [0.15, 0.2) is 0 Å². The Hall–Kier alpha value is -1.17. The summed E-state index contributed by atoms with van der Waals surface area (Å²) in [6.07, 6.45) is 0. The van der Waals surface area contributed by atoms with Crippen LogP contribution in [-0.4, -0.2) is 15.7 Å². The number of anilines is 1. The highest BCUT2D eigenvalue weighted by atomic mass is 32.1. The molecule has 1 aromatic rings. The Bertz CT molecular complexity index is 385. The highest BCUT2D eigenvalue weighted by molar-refractivity contribution is 7.12. The number of carbonyl (C=O) groups excluding carboxylic acids is 1. The summed E-state index contributed by atoms with van der Waals surface area (Å²) in [6.45, 7) is 5.16. The molecule has 0 saturated heterocycles. The summed E-state index contributed by atoms with van der Waals surface area (Å²) in [5, 5.41) is 3.74. The van der Waals surface area contributed by atoms with Gasteiger partial charge in [-0.1, -0.05) is 20.8 Å². The molecule has 0 fully saturated rings. The lowest BCUT2D eigenvalue weighted by Crippen LogP contribution is -2.33. The molecule has 0 aliphatic carbocycles. The molecule has 0 unspecified atom stereocenters. The van der Waals surface area contributed by atoms with Crippen LogP contribution >= 0.6 is 11.3 Å². The van der Waals surface area contributed by atoms with Crippen LogP contribution in [-0.2, 0) is 0 Å². The van der Waals surface area contributed by atoms with Crippen molar-refractivity contribution < 1.29 is 4.79 Å². The van der Waals surface area contributed by atoms with Gasteiger partial charge in [-0.3, -0.25) is 9.59 Å². The molecule has 1 heterocycles. The average Bonchev–Trinajstić information content (AvgIpc) is 2.26. The number of nitrogens with zero attached hydrogens (tertiary/aromatic N) is 2. The van der Waals surface area contributed by atoms with Crippen molar-refractivity contribution in [2.45, 2.75) is 20.8 Å². The van der Waals surface area contributed by atoms with Gasteiger partial charge in [0.05, 0.1) is 0 Å². The molecule has 0 amide bonds. The lowest BCUT2D eigenvalue weighted by atomic mass is 9.96. The van der Waals surface area contributed by atoms with E-state index in [4.69, 9.17) is 5.73 Å². The van der Waals surface area contributed by atoms with E-state index in [1.165, 1.54) is 0 Å². The van der Waals surface area contributed by atoms with E-state index in [0.717, 1.165) is 16.0 Å². The maximum Gasteiger partial charge on any atom is 0.334 e. The van der Waals surface area contributed by atoms with Crippen molar-refractivity contribution in [1.82, 2.24) is 9.78 Å². The first kappa shape index (κ1) is 9.91. The van der Waals surface area contributed by atoms with Gasteiger partial charge in [0.25, 0.3) is 5.91 Å². The fourth-order valence-electron chi connectivity index (χ4n) is 0.739. The van der Waals surface area contributed by atoms with Crippen LogP contribution < -0.4 is 10.6 Å². The molecule has 0 aliphatic rings. The summed E-state index contributed by atoms with van der Waals surface area (Å²) < 4.78 is 0.819. The summed E-state index contributed by atoms with van der Waals surface area (Å²) in [7, 11) is 0. The zero-order valence-corrected chi connectivity index (χ0v) is 8.51. The molecule has 0 aromatic carbocycles. The third-order valence-electron chi connectivity index (χ3n) is 1.40. The van der Waals surface area contributed by atoms with Crippen molar-refractivity contribution >= 4 is 22.4 Å². The van der Waals surface area contributed by atoms with E-state index in [-0.39, 0.29) is 11.0 Å². The number of nitrogens with two attached hydrogens (primary N) is 1. The van der Waals surface area contributed by atoms with E-state index in [1.807, 2.05) is 0 Å². The number of carbonyl (C=O) groups is 1. The normalized spacial score (nSPS) is 11.6. The first-order valence-corrected chi connectivity index (χ1v) is 4.54. The van der Waals surface area contributed by atoms with Crippen LogP contribution in [0.15, 0.2) is 4.79 Å². The number of hydrogen-bond donors (Lipinski definition) is 1. The highest BCUT2D eigenvalue weighted by Crippen LogP contribution is 2.15. The molecule has 13 heavy (non-hydrogen) atoms. The summed E-state index contributed by atoms with van der Waals surface area (Å²) >= 11 is 0.767. The molecule has 1 aromatic heterocycles. The van der Waals surface area contributed by atoms with Crippen LogP contribution in [0.4, 0.5) is 5.13 Å². The lowest BCUT2D eigenvalue weighted by Gasteiger charge is -2.14. The van der Waals surface area contributed by atoms with Crippen LogP contribution in [0, 0.1) is 5.41 Å². The number of hydrogen-bond acceptors (Lipinski definition) is 5. The van der Waals surface area contributed by atoms with Crippen molar-refractivity contribution in [1.29, 1.82) is 0 Å². The number of aromatic nitrogens is 2. The monoisotopic (exact) mass is 201 g/mol. The van der Waals surface area contributed by atoms with Crippen molar-refractivity contribution in [3.63, 3.8) is 0 Å². The molecule has 2 N–H and O–H groups in total. The zero-order valence-electron chi connectivity index (χ0n) is 7.70. The van der Waals surface area contributed by atoms with Gasteiger partial charge in [-0.2, -0.15) is 4.68 Å². The fourth-order valence-corrected chi connectivity index (χ4v) is 1.25. The second-order valence-corrected chi connectivity index (χ2v) is 4.64. The summed E-state index contributed by atoms with van der Waals surface area (Å²) in [5.41, 5.74) is 4.67. The number of nitrogen functional groups attached to an aromatic ring is 1. The molecular weight excluding hydrogens is 190 g/mol. The largest absolute Gasteiger partial charge is 0.374 e. The molecule has 5 nitrogen and oxygen atoms in total. The predicted octanol–water partition coefficient (Wildman–Crippen LogP) is 0.573. The van der Waals surface area contributed by atoms with Gasteiger partial charge in [0, 0.05) is 5.41 Å². The molecule has 0 spiro atoms. The van der Waals surface area contributed by atoms with Crippen LogP contribution in [0.1, 0.15) is 25.6 Å². The van der Waals surface area contributed by atoms with E-state index < -0.39 is 10.3 Å². The van der Waals surface area contributed by atoms with E-state index >= 15 is 0 Å². The molecule has 0 radical (unpaired) electrons. The molecule has 0 atom stereocenters. The smallest absolute Gasteiger partial charge is 0.334 e. The Balaban J connectivity index is 3.17. The number of rotatable bonds is 0. The second-order valence-electron chi connectivity index (χ2n) is 3.67. The van der Waals surface area contributed by atoms with Crippen LogP contribution in [0.25, 0.3) is 0 Å². The van der Waals surface area contributed by atoms with Gasteiger partial charge in [-0.25, -0.2) is 0 Å². The Kier molecular flexibility index (Phi) is 2.25. The van der Waals surface area contributed by atoms with Gasteiger partial charge in [-0.05, 0) is 11.3 Å². The van der Waals surface area contributed by atoms with Crippen molar-refractivity contribution in [3.8, 4) is 0 Å². The Labute approximate surface area is 79.2 Å². The Morgan fingerprint density at radius 3 is 2.38 bits per heavy atom. The molecule has 0 saturated carbocycles. The van der Waals surface area contributed by atoms with E-state index in [0.29, 0.717) is 0 Å². The first-order chi connectivity index (χ1) is 5.82. The van der Waals surface area contributed by atoms with Gasteiger partial charge >= 0.3 is 4.87 Å². The standard InChI is InChI=1S/C7H11N3O2S/c1-7(2,3)4(11)10-6(12)13-5(8)9-10/h1-3H3,(H2,8,9). The van der Waals surface area contributed by atoms with E-state index in [2.05, 4.69) is 5.10 Å². The van der Waals surface area contributed by atoms with E-state index in [1.54, 1.807) is 20.8 Å². The summed E-state index contributed by atoms with van der Waals surface area (Å²) in [4.78, 5) is 22.3. The minimum absolute atomic E-state index is 0.114. The second kappa shape index (κ2) is 2.95. The van der Waals surface area contributed by atoms with Crippen molar-refractivity contribution in [2.75, 3.05) is 5.73 Å². The third-order valence-corrected chi connectivity index (χ3v) is 2.04. The molecule has 1 rings (SSSR count). The molecule has 0 bridgehead atoms. The quantitative estimate of drug-likeness (QED) is 0.665. The van der Waals surface area contributed by atoms with Crippen LogP contribution in [0.3, 0.4) is 0 Å². The fraction of sp³-hybridized carbons (Fsp3) is 0.571. The third kappa shape index (κ3) is 1.95. The minimum Gasteiger partial charge on any atom is -0.374 e. The Morgan fingerprint density at radius 1 is 1.54 bits per heavy atom. The Morgan fingerprint density at radius 2 is 2.08 bits per heavy atom. The first-order valence-electron chi connectivity index (χ1n) is 3.73. The molecule has 6 heteroatoms. The van der Waals surface area contributed by atoms with Crippen molar-refractivity contribution in [2.24, 2.45) is 5.41 Å². The predicted molar refractivity (Wildman–Crippen MR) is 50.9 cm³/mol. The molecule has 72 valence electrons. The van der Waals surface area contributed by atoms with Gasteiger partial charge in [0.2, 0.25) is 5.13 Å². The van der Waals surface area contributed by atoms with Crippen molar-refractivity contribution in [3.05, 3.63) is 9.67 Å². The van der Waals surface area contributed by atoms with Gasteiger partial charge in [-0.15, -0.1) is 5.10 Å². The average molecular weight is 201 g/mol.